The number of carbonyl (C=O) groups is 1. The van der Waals surface area contributed by atoms with Crippen LogP contribution < -0.4 is 0 Å². The van der Waals surface area contributed by atoms with Crippen molar-refractivity contribution < 1.29 is 13.7 Å². The van der Waals surface area contributed by atoms with E-state index in [1.807, 2.05) is 24.3 Å². The summed E-state index contributed by atoms with van der Waals surface area (Å²) in [6, 6.07) is 7.84. The van der Waals surface area contributed by atoms with E-state index < -0.39 is 10.8 Å². The predicted molar refractivity (Wildman–Crippen MR) is 73.1 cm³/mol. The zero-order valence-electron chi connectivity index (χ0n) is 11.1. The van der Waals surface area contributed by atoms with Gasteiger partial charge in [0.05, 0.1) is 17.9 Å². The summed E-state index contributed by atoms with van der Waals surface area (Å²) in [4.78, 5) is 11.8. The zero-order valence-corrected chi connectivity index (χ0v) is 12.0. The molecule has 0 saturated carbocycles. The predicted octanol–water partition coefficient (Wildman–Crippen LogP) is 2.87. The number of esters is 1. The molecule has 0 fully saturated rings. The van der Waals surface area contributed by atoms with Crippen LogP contribution in [0.15, 0.2) is 29.2 Å². The number of rotatable bonds is 6. The summed E-state index contributed by atoms with van der Waals surface area (Å²) in [5.41, 5.74) is 1.24. The molecule has 1 aromatic carbocycles. The van der Waals surface area contributed by atoms with Gasteiger partial charge in [0, 0.05) is 17.1 Å². The van der Waals surface area contributed by atoms with Gasteiger partial charge in [-0.25, -0.2) is 0 Å². The maximum Gasteiger partial charge on any atom is 0.305 e. The summed E-state index contributed by atoms with van der Waals surface area (Å²) >= 11 is 0. The van der Waals surface area contributed by atoms with Crippen molar-refractivity contribution >= 4 is 16.8 Å². The quantitative estimate of drug-likeness (QED) is 0.745. The first-order valence-corrected chi connectivity index (χ1v) is 7.41. The van der Waals surface area contributed by atoms with Crippen molar-refractivity contribution in [2.45, 2.75) is 37.5 Å². The van der Waals surface area contributed by atoms with Gasteiger partial charge in [-0.05, 0) is 30.0 Å². The van der Waals surface area contributed by atoms with Crippen LogP contribution in [0.4, 0.5) is 0 Å². The Hall–Kier alpha value is -1.16. The van der Waals surface area contributed by atoms with Crippen LogP contribution in [0.2, 0.25) is 0 Å². The first kappa shape index (κ1) is 14.9. The lowest BCUT2D eigenvalue weighted by molar-refractivity contribution is -0.140. The second kappa shape index (κ2) is 7.31. The molecular weight excluding hydrogens is 248 g/mol. The Labute approximate surface area is 111 Å². The zero-order chi connectivity index (χ0) is 13.5. The van der Waals surface area contributed by atoms with Crippen LogP contribution >= 0.6 is 0 Å². The maximum absolute atomic E-state index is 12.0. The fraction of sp³-hybridized carbons (Fsp3) is 0.500. The van der Waals surface area contributed by atoms with E-state index in [4.69, 9.17) is 0 Å². The molecule has 0 amide bonds. The highest BCUT2D eigenvalue weighted by atomic mass is 32.2. The summed E-state index contributed by atoms with van der Waals surface area (Å²) < 4.78 is 16.5. The average Bonchev–Trinajstić information content (AvgIpc) is 2.38. The molecule has 1 atom stereocenters. The molecule has 1 rings (SSSR count). The van der Waals surface area contributed by atoms with Crippen LogP contribution in [-0.4, -0.2) is 23.0 Å². The van der Waals surface area contributed by atoms with Gasteiger partial charge in [-0.3, -0.25) is 9.00 Å². The van der Waals surface area contributed by atoms with Crippen molar-refractivity contribution in [3.05, 3.63) is 29.8 Å². The number of hydrogen-bond donors (Lipinski definition) is 0. The molecule has 0 saturated heterocycles. The van der Waals surface area contributed by atoms with Crippen LogP contribution in [-0.2, 0) is 20.3 Å². The van der Waals surface area contributed by atoms with Gasteiger partial charge >= 0.3 is 5.97 Å². The highest BCUT2D eigenvalue weighted by molar-refractivity contribution is 7.85. The minimum atomic E-state index is -1.03. The van der Waals surface area contributed by atoms with Crippen LogP contribution in [0.25, 0.3) is 0 Å². The lowest BCUT2D eigenvalue weighted by Gasteiger charge is -2.06. The van der Waals surface area contributed by atoms with Crippen molar-refractivity contribution in [2.24, 2.45) is 0 Å². The molecule has 4 heteroatoms. The monoisotopic (exact) mass is 268 g/mol. The Bertz CT molecular complexity index is 410. The largest absolute Gasteiger partial charge is 0.469 e. The van der Waals surface area contributed by atoms with E-state index in [0.717, 1.165) is 4.90 Å². The SMILES string of the molecule is COC(=O)CCCS(=O)c1ccc(C(C)C)cc1. The molecule has 0 aliphatic rings. The summed E-state index contributed by atoms with van der Waals surface area (Å²) in [6.07, 6.45) is 0.914. The number of hydrogen-bond acceptors (Lipinski definition) is 3. The van der Waals surface area contributed by atoms with Gasteiger partial charge in [-0.1, -0.05) is 26.0 Å². The second-order valence-electron chi connectivity index (χ2n) is 4.45. The second-order valence-corrected chi connectivity index (χ2v) is 6.02. The molecule has 0 N–H and O–H groups in total. The van der Waals surface area contributed by atoms with E-state index in [2.05, 4.69) is 18.6 Å². The molecule has 18 heavy (non-hydrogen) atoms. The normalized spacial score (nSPS) is 12.4. The number of ether oxygens (including phenoxy) is 1. The van der Waals surface area contributed by atoms with E-state index in [-0.39, 0.29) is 5.97 Å². The van der Waals surface area contributed by atoms with Crippen LogP contribution in [0.1, 0.15) is 38.2 Å². The standard InChI is InChI=1S/C14H20O3S/c1-11(2)12-6-8-13(9-7-12)18(16)10-4-5-14(15)17-3/h6-9,11H,4-5,10H2,1-3H3. The molecule has 1 unspecified atom stereocenters. The van der Waals surface area contributed by atoms with E-state index in [1.165, 1.54) is 12.7 Å². The van der Waals surface area contributed by atoms with Crippen molar-refractivity contribution in [3.63, 3.8) is 0 Å². The molecular formula is C14H20O3S. The molecule has 100 valence electrons. The van der Waals surface area contributed by atoms with E-state index in [1.54, 1.807) is 0 Å². The smallest absolute Gasteiger partial charge is 0.305 e. The Balaban J connectivity index is 2.49. The van der Waals surface area contributed by atoms with Crippen molar-refractivity contribution in [1.82, 2.24) is 0 Å². The van der Waals surface area contributed by atoms with Gasteiger partial charge in [0.15, 0.2) is 0 Å². The Morgan fingerprint density at radius 3 is 2.39 bits per heavy atom. The lowest BCUT2D eigenvalue weighted by Crippen LogP contribution is -2.04. The van der Waals surface area contributed by atoms with Crippen LogP contribution in [0, 0.1) is 0 Å². The maximum atomic E-state index is 12.0. The van der Waals surface area contributed by atoms with Crippen LogP contribution in [0.3, 0.4) is 0 Å². The van der Waals surface area contributed by atoms with Crippen molar-refractivity contribution in [1.29, 1.82) is 0 Å². The van der Waals surface area contributed by atoms with Gasteiger partial charge in [0.2, 0.25) is 0 Å². The molecule has 0 aliphatic heterocycles. The summed E-state index contributed by atoms with van der Waals surface area (Å²) in [6.45, 7) is 4.25. The summed E-state index contributed by atoms with van der Waals surface area (Å²) in [5.74, 6) is 0.727. The van der Waals surface area contributed by atoms with Crippen molar-refractivity contribution in [2.75, 3.05) is 12.9 Å². The highest BCUT2D eigenvalue weighted by Crippen LogP contribution is 2.17. The van der Waals surface area contributed by atoms with Gasteiger partial charge in [0.1, 0.15) is 0 Å². The first-order chi connectivity index (χ1) is 8.54. The topological polar surface area (TPSA) is 43.4 Å². The minimum Gasteiger partial charge on any atom is -0.469 e. The van der Waals surface area contributed by atoms with Gasteiger partial charge in [-0.15, -0.1) is 0 Å². The third-order valence-electron chi connectivity index (χ3n) is 2.75. The van der Waals surface area contributed by atoms with Gasteiger partial charge in [0.25, 0.3) is 0 Å². The van der Waals surface area contributed by atoms with Gasteiger partial charge in [-0.2, -0.15) is 0 Å². The van der Waals surface area contributed by atoms with Crippen molar-refractivity contribution in [3.8, 4) is 0 Å². The Kier molecular flexibility index (Phi) is 6.05. The average molecular weight is 268 g/mol. The fourth-order valence-electron chi connectivity index (χ4n) is 1.57. The molecule has 1 aromatic rings. The van der Waals surface area contributed by atoms with E-state index >= 15 is 0 Å². The number of carbonyl (C=O) groups excluding carboxylic acids is 1. The Morgan fingerprint density at radius 1 is 1.28 bits per heavy atom. The number of methoxy groups -OCH3 is 1. The molecule has 0 heterocycles. The Morgan fingerprint density at radius 2 is 1.89 bits per heavy atom. The van der Waals surface area contributed by atoms with E-state index in [9.17, 15) is 9.00 Å². The van der Waals surface area contributed by atoms with Gasteiger partial charge < -0.3 is 4.74 Å². The van der Waals surface area contributed by atoms with E-state index in [0.29, 0.717) is 24.5 Å². The third-order valence-corrected chi connectivity index (χ3v) is 4.21. The molecule has 0 bridgehead atoms. The van der Waals surface area contributed by atoms with Crippen LogP contribution in [0.5, 0.6) is 0 Å². The lowest BCUT2D eigenvalue weighted by atomic mass is 10.0. The molecule has 0 spiro atoms. The summed E-state index contributed by atoms with van der Waals surface area (Å²) in [5, 5.41) is 0. The number of benzene rings is 1. The summed E-state index contributed by atoms with van der Waals surface area (Å²) in [7, 11) is 0.334. The first-order valence-electron chi connectivity index (χ1n) is 6.09. The molecule has 0 aromatic heterocycles. The highest BCUT2D eigenvalue weighted by Gasteiger charge is 2.07. The molecule has 0 aliphatic carbocycles. The fourth-order valence-corrected chi connectivity index (χ4v) is 2.65. The molecule has 3 nitrogen and oxygen atoms in total. The third kappa shape index (κ3) is 4.61. The molecule has 0 radical (unpaired) electrons. The minimum absolute atomic E-state index is 0.248.